The van der Waals surface area contributed by atoms with E-state index in [2.05, 4.69) is 4.98 Å². The minimum atomic E-state index is -1.05. The summed E-state index contributed by atoms with van der Waals surface area (Å²) in [5.41, 5.74) is -0.629. The second-order valence-electron chi connectivity index (χ2n) is 3.89. The first-order valence-corrected chi connectivity index (χ1v) is 5.07. The van der Waals surface area contributed by atoms with Gasteiger partial charge >= 0.3 is 5.97 Å². The van der Waals surface area contributed by atoms with E-state index in [1.807, 2.05) is 0 Å². The third-order valence-corrected chi connectivity index (χ3v) is 3.01. The lowest BCUT2D eigenvalue weighted by molar-refractivity contribution is -0.147. The van der Waals surface area contributed by atoms with Crippen LogP contribution in [0.5, 0.6) is 0 Å². The smallest absolute Gasteiger partial charge is 0.314 e. The third kappa shape index (κ3) is 1.78. The Morgan fingerprint density at radius 1 is 1.44 bits per heavy atom. The summed E-state index contributed by atoms with van der Waals surface area (Å²) >= 11 is 0. The highest BCUT2D eigenvalue weighted by molar-refractivity contribution is 5.81. The molecule has 0 amide bonds. The molecule has 0 spiro atoms. The van der Waals surface area contributed by atoms with E-state index in [1.54, 1.807) is 0 Å². The number of rotatable bonds is 2. The van der Waals surface area contributed by atoms with Gasteiger partial charge in [0.05, 0.1) is 11.6 Å². The molecule has 4 nitrogen and oxygen atoms in total. The predicted molar refractivity (Wildman–Crippen MR) is 53.6 cm³/mol. The summed E-state index contributed by atoms with van der Waals surface area (Å²) in [6.07, 6.45) is 3.20. The lowest BCUT2D eigenvalue weighted by Gasteiger charge is -2.33. The molecule has 0 radical (unpaired) electrons. The molecule has 5 heteroatoms. The van der Waals surface area contributed by atoms with Crippen LogP contribution in [0.3, 0.4) is 0 Å². The predicted octanol–water partition coefficient (Wildman–Crippen LogP) is 1.35. The number of pyridine rings is 1. The summed E-state index contributed by atoms with van der Waals surface area (Å²) in [6, 6.07) is 1.24. The second-order valence-corrected chi connectivity index (χ2v) is 3.89. The van der Waals surface area contributed by atoms with Gasteiger partial charge in [-0.25, -0.2) is 4.39 Å². The normalized spacial score (nSPS) is 19.3. The number of hydrogen-bond donors (Lipinski definition) is 1. The van der Waals surface area contributed by atoms with Crippen LogP contribution >= 0.6 is 0 Å². The fraction of sp³-hybridized carbons (Fsp3) is 0.455. The number of carbonyl (C=O) groups is 1. The zero-order chi connectivity index (χ0) is 11.6. The Labute approximate surface area is 92.1 Å². The molecule has 2 rings (SSSR count). The van der Waals surface area contributed by atoms with Gasteiger partial charge in [-0.2, -0.15) is 0 Å². The van der Waals surface area contributed by atoms with Gasteiger partial charge in [-0.15, -0.1) is 0 Å². The highest BCUT2D eigenvalue weighted by atomic mass is 19.1. The van der Waals surface area contributed by atoms with E-state index < -0.39 is 17.2 Å². The molecule has 0 atom stereocenters. The van der Waals surface area contributed by atoms with Crippen LogP contribution in [0.1, 0.15) is 18.4 Å². The Bertz CT molecular complexity index is 402. The molecule has 0 aromatic carbocycles. The van der Waals surface area contributed by atoms with E-state index >= 15 is 0 Å². The number of halogens is 1. The molecule has 1 fully saturated rings. The van der Waals surface area contributed by atoms with E-state index in [-0.39, 0.29) is 0 Å². The van der Waals surface area contributed by atoms with Crippen molar-refractivity contribution in [2.45, 2.75) is 18.3 Å². The van der Waals surface area contributed by atoms with Crippen LogP contribution in [-0.2, 0) is 14.9 Å². The quantitative estimate of drug-likeness (QED) is 0.825. The fourth-order valence-corrected chi connectivity index (χ4v) is 2.02. The van der Waals surface area contributed by atoms with Gasteiger partial charge < -0.3 is 9.84 Å². The summed E-state index contributed by atoms with van der Waals surface area (Å²) in [6.45, 7) is 0.756. The molecule has 0 saturated carbocycles. The van der Waals surface area contributed by atoms with Crippen molar-refractivity contribution in [3.63, 3.8) is 0 Å². The maximum atomic E-state index is 13.1. The molecular weight excluding hydrogens is 213 g/mol. The first-order valence-electron chi connectivity index (χ1n) is 5.07. The monoisotopic (exact) mass is 225 g/mol. The van der Waals surface area contributed by atoms with E-state index in [0.717, 1.165) is 6.20 Å². The van der Waals surface area contributed by atoms with Crippen molar-refractivity contribution in [2.75, 3.05) is 13.2 Å². The van der Waals surface area contributed by atoms with E-state index in [9.17, 15) is 14.3 Å². The zero-order valence-electron chi connectivity index (χ0n) is 8.65. The van der Waals surface area contributed by atoms with Gasteiger partial charge in [0.2, 0.25) is 0 Å². The number of ether oxygens (including phenoxy) is 1. The molecule has 2 heterocycles. The molecule has 16 heavy (non-hydrogen) atoms. The number of carboxylic acids is 1. The summed E-state index contributed by atoms with van der Waals surface area (Å²) in [7, 11) is 0. The number of aliphatic carboxylic acids is 1. The van der Waals surface area contributed by atoms with Crippen LogP contribution in [0.25, 0.3) is 0 Å². The van der Waals surface area contributed by atoms with Crippen LogP contribution in [0.2, 0.25) is 0 Å². The molecule has 1 aromatic rings. The van der Waals surface area contributed by atoms with Crippen molar-refractivity contribution in [2.24, 2.45) is 0 Å². The molecular formula is C11H12FNO3. The minimum absolute atomic E-state index is 0.355. The number of nitrogens with zero attached hydrogens (tertiary/aromatic N) is 1. The maximum Gasteiger partial charge on any atom is 0.314 e. The molecule has 0 bridgehead atoms. The van der Waals surface area contributed by atoms with Crippen molar-refractivity contribution < 1.29 is 19.0 Å². The highest BCUT2D eigenvalue weighted by Crippen LogP contribution is 2.34. The first-order chi connectivity index (χ1) is 7.65. The Morgan fingerprint density at radius 3 is 2.69 bits per heavy atom. The standard InChI is InChI=1S/C11H12FNO3/c12-9-5-8(6-13-7-9)11(10(14)15)1-3-16-4-2-11/h5-7H,1-4H2,(H,14,15). The molecule has 1 aliphatic heterocycles. The minimum Gasteiger partial charge on any atom is -0.481 e. The van der Waals surface area contributed by atoms with Crippen molar-refractivity contribution >= 4 is 5.97 Å². The first kappa shape index (κ1) is 11.0. The van der Waals surface area contributed by atoms with Gasteiger partial charge in [-0.05, 0) is 24.5 Å². The lowest BCUT2D eigenvalue weighted by atomic mass is 9.75. The fourth-order valence-electron chi connectivity index (χ4n) is 2.02. The van der Waals surface area contributed by atoms with Crippen LogP contribution < -0.4 is 0 Å². The van der Waals surface area contributed by atoms with Crippen LogP contribution in [0, 0.1) is 5.82 Å². The number of aromatic nitrogens is 1. The third-order valence-electron chi connectivity index (χ3n) is 3.01. The van der Waals surface area contributed by atoms with Gasteiger partial charge in [0.25, 0.3) is 0 Å². The van der Waals surface area contributed by atoms with E-state index in [4.69, 9.17) is 4.74 Å². The van der Waals surface area contributed by atoms with Crippen molar-refractivity contribution in [3.8, 4) is 0 Å². The van der Waals surface area contributed by atoms with Gasteiger partial charge in [0.15, 0.2) is 0 Å². The highest BCUT2D eigenvalue weighted by Gasteiger charge is 2.42. The Hall–Kier alpha value is -1.49. The average molecular weight is 225 g/mol. The molecule has 1 aliphatic rings. The van der Waals surface area contributed by atoms with Gasteiger partial charge in [0, 0.05) is 19.4 Å². The van der Waals surface area contributed by atoms with Gasteiger partial charge in [-0.1, -0.05) is 0 Å². The Morgan fingerprint density at radius 2 is 2.12 bits per heavy atom. The molecule has 86 valence electrons. The van der Waals surface area contributed by atoms with Crippen molar-refractivity contribution in [1.29, 1.82) is 0 Å². The molecule has 0 aliphatic carbocycles. The van der Waals surface area contributed by atoms with Crippen molar-refractivity contribution in [1.82, 2.24) is 4.98 Å². The SMILES string of the molecule is O=C(O)C1(c2cncc(F)c2)CCOCC1. The second kappa shape index (κ2) is 4.17. The summed E-state index contributed by atoms with van der Waals surface area (Å²) < 4.78 is 18.2. The van der Waals surface area contributed by atoms with Gasteiger partial charge in [-0.3, -0.25) is 9.78 Å². The molecule has 1 N–H and O–H groups in total. The molecule has 0 unspecified atom stereocenters. The number of hydrogen-bond acceptors (Lipinski definition) is 3. The average Bonchev–Trinajstić information content (AvgIpc) is 2.30. The topological polar surface area (TPSA) is 59.4 Å². The Balaban J connectivity index is 2.42. The summed E-state index contributed by atoms with van der Waals surface area (Å²) in [4.78, 5) is 15.1. The largest absolute Gasteiger partial charge is 0.481 e. The van der Waals surface area contributed by atoms with E-state index in [0.29, 0.717) is 31.6 Å². The van der Waals surface area contributed by atoms with Crippen LogP contribution in [0.15, 0.2) is 18.5 Å². The number of carboxylic acid groups (broad SMARTS) is 1. The van der Waals surface area contributed by atoms with Crippen LogP contribution in [-0.4, -0.2) is 29.3 Å². The molecule has 1 saturated heterocycles. The van der Waals surface area contributed by atoms with Crippen molar-refractivity contribution in [3.05, 3.63) is 29.8 Å². The Kier molecular flexibility index (Phi) is 2.87. The van der Waals surface area contributed by atoms with Crippen LogP contribution in [0.4, 0.5) is 4.39 Å². The molecule has 1 aromatic heterocycles. The van der Waals surface area contributed by atoms with Gasteiger partial charge in [0.1, 0.15) is 5.82 Å². The lowest BCUT2D eigenvalue weighted by Crippen LogP contribution is -2.41. The van der Waals surface area contributed by atoms with E-state index in [1.165, 1.54) is 12.3 Å². The summed E-state index contributed by atoms with van der Waals surface area (Å²) in [5.74, 6) is -1.45. The summed E-state index contributed by atoms with van der Waals surface area (Å²) in [5, 5.41) is 9.33. The zero-order valence-corrected chi connectivity index (χ0v) is 8.65. The maximum absolute atomic E-state index is 13.1.